The van der Waals surface area contributed by atoms with E-state index in [1.165, 1.54) is 24.3 Å². The molecular formula is C27H34N4O8. The number of aromatic hydroxyl groups is 1. The van der Waals surface area contributed by atoms with Crippen LogP contribution in [0.5, 0.6) is 5.75 Å². The van der Waals surface area contributed by atoms with Crippen LogP contribution < -0.4 is 21.7 Å². The van der Waals surface area contributed by atoms with Gasteiger partial charge in [-0.3, -0.25) is 19.2 Å². The van der Waals surface area contributed by atoms with Gasteiger partial charge in [-0.1, -0.05) is 56.3 Å². The molecular weight excluding hydrogens is 508 g/mol. The highest BCUT2D eigenvalue weighted by atomic mass is 16.4. The van der Waals surface area contributed by atoms with Gasteiger partial charge in [0.15, 0.2) is 0 Å². The van der Waals surface area contributed by atoms with Crippen molar-refractivity contribution in [3.63, 3.8) is 0 Å². The highest BCUT2D eigenvalue weighted by molar-refractivity contribution is 5.95. The summed E-state index contributed by atoms with van der Waals surface area (Å²) in [5.41, 5.74) is 6.91. The molecule has 0 aliphatic rings. The van der Waals surface area contributed by atoms with Crippen LogP contribution >= 0.6 is 0 Å². The minimum atomic E-state index is -1.39. The summed E-state index contributed by atoms with van der Waals surface area (Å²) < 4.78 is 0. The minimum Gasteiger partial charge on any atom is -0.508 e. The Morgan fingerprint density at radius 2 is 1.28 bits per heavy atom. The van der Waals surface area contributed by atoms with E-state index >= 15 is 0 Å². The van der Waals surface area contributed by atoms with Crippen LogP contribution in [0.4, 0.5) is 0 Å². The molecule has 0 radical (unpaired) electrons. The molecule has 8 N–H and O–H groups in total. The fraction of sp³-hybridized carbons (Fsp3) is 0.370. The normalized spacial score (nSPS) is 13.9. The Balaban J connectivity index is 2.19. The lowest BCUT2D eigenvalue weighted by Gasteiger charge is -2.27. The maximum atomic E-state index is 13.3. The van der Waals surface area contributed by atoms with Crippen LogP contribution in [0, 0.1) is 5.92 Å². The van der Waals surface area contributed by atoms with E-state index < -0.39 is 66.2 Å². The summed E-state index contributed by atoms with van der Waals surface area (Å²) in [4.78, 5) is 61.7. The molecule has 210 valence electrons. The molecule has 39 heavy (non-hydrogen) atoms. The molecule has 0 unspecified atom stereocenters. The third kappa shape index (κ3) is 10.1. The number of phenolic OH excluding ortho intramolecular Hbond substituents is 1. The second-order valence-electron chi connectivity index (χ2n) is 9.46. The zero-order chi connectivity index (χ0) is 29.1. The van der Waals surface area contributed by atoms with Crippen molar-refractivity contribution in [3.8, 4) is 5.75 Å². The predicted molar refractivity (Wildman–Crippen MR) is 140 cm³/mol. The summed E-state index contributed by atoms with van der Waals surface area (Å²) in [7, 11) is 0. The van der Waals surface area contributed by atoms with E-state index in [0.717, 1.165) is 0 Å². The number of nitrogens with two attached hydrogens (primary N) is 1. The van der Waals surface area contributed by atoms with E-state index in [9.17, 15) is 34.2 Å². The van der Waals surface area contributed by atoms with Crippen molar-refractivity contribution in [3.05, 3.63) is 65.7 Å². The maximum Gasteiger partial charge on any atom is 0.326 e. The fourth-order valence-electron chi connectivity index (χ4n) is 3.74. The van der Waals surface area contributed by atoms with Crippen LogP contribution in [0.15, 0.2) is 54.6 Å². The molecule has 0 heterocycles. The van der Waals surface area contributed by atoms with Gasteiger partial charge < -0.3 is 37.0 Å². The summed E-state index contributed by atoms with van der Waals surface area (Å²) in [5.74, 6) is -5.33. The van der Waals surface area contributed by atoms with Crippen molar-refractivity contribution in [1.82, 2.24) is 16.0 Å². The van der Waals surface area contributed by atoms with Crippen molar-refractivity contribution in [2.24, 2.45) is 11.7 Å². The second-order valence-corrected chi connectivity index (χ2v) is 9.46. The van der Waals surface area contributed by atoms with Gasteiger partial charge in [0.2, 0.25) is 17.7 Å². The van der Waals surface area contributed by atoms with Crippen LogP contribution in [0.2, 0.25) is 0 Å². The lowest BCUT2D eigenvalue weighted by molar-refractivity contribution is -0.142. The molecule has 12 nitrogen and oxygen atoms in total. The van der Waals surface area contributed by atoms with Crippen molar-refractivity contribution in [1.29, 1.82) is 0 Å². The van der Waals surface area contributed by atoms with Crippen LogP contribution in [0.3, 0.4) is 0 Å². The van der Waals surface area contributed by atoms with Crippen molar-refractivity contribution in [2.45, 2.75) is 57.3 Å². The number of amides is 3. The van der Waals surface area contributed by atoms with E-state index in [-0.39, 0.29) is 18.6 Å². The lowest BCUT2D eigenvalue weighted by Crippen LogP contribution is -2.59. The second kappa shape index (κ2) is 14.5. The third-order valence-corrected chi connectivity index (χ3v) is 5.88. The Hall–Kier alpha value is -4.45. The van der Waals surface area contributed by atoms with E-state index in [1.54, 1.807) is 44.2 Å². The van der Waals surface area contributed by atoms with E-state index in [0.29, 0.717) is 11.1 Å². The van der Waals surface area contributed by atoms with Crippen molar-refractivity contribution >= 4 is 29.7 Å². The number of rotatable bonds is 14. The van der Waals surface area contributed by atoms with Gasteiger partial charge in [-0.05, 0) is 29.2 Å². The molecule has 0 aliphatic carbocycles. The summed E-state index contributed by atoms with van der Waals surface area (Å²) in [5, 5.41) is 35.5. The molecule has 0 spiro atoms. The molecule has 0 saturated carbocycles. The largest absolute Gasteiger partial charge is 0.508 e. The number of hydrogen-bond acceptors (Lipinski definition) is 7. The van der Waals surface area contributed by atoms with E-state index in [1.807, 2.05) is 0 Å². The zero-order valence-corrected chi connectivity index (χ0v) is 21.7. The topological polar surface area (TPSA) is 208 Å². The van der Waals surface area contributed by atoms with E-state index in [2.05, 4.69) is 16.0 Å². The summed E-state index contributed by atoms with van der Waals surface area (Å²) in [6.07, 6.45) is -0.669. The molecule has 2 rings (SSSR count). The average Bonchev–Trinajstić information content (AvgIpc) is 2.87. The predicted octanol–water partition coefficient (Wildman–Crippen LogP) is 0.174. The molecule has 0 aliphatic heterocycles. The Morgan fingerprint density at radius 3 is 1.82 bits per heavy atom. The van der Waals surface area contributed by atoms with E-state index in [4.69, 9.17) is 10.8 Å². The highest BCUT2D eigenvalue weighted by Crippen LogP contribution is 2.12. The highest BCUT2D eigenvalue weighted by Gasteiger charge is 2.32. The zero-order valence-electron chi connectivity index (χ0n) is 21.7. The Bertz CT molecular complexity index is 1150. The summed E-state index contributed by atoms with van der Waals surface area (Å²) in [6.45, 7) is 3.32. The Morgan fingerprint density at radius 1 is 0.744 bits per heavy atom. The van der Waals surface area contributed by atoms with Gasteiger partial charge in [0.05, 0.1) is 12.5 Å². The number of carboxylic acid groups (broad SMARTS) is 2. The van der Waals surface area contributed by atoms with Crippen molar-refractivity contribution in [2.75, 3.05) is 0 Å². The number of carboxylic acids is 2. The van der Waals surface area contributed by atoms with Gasteiger partial charge in [-0.2, -0.15) is 0 Å². The number of hydrogen-bond donors (Lipinski definition) is 7. The smallest absolute Gasteiger partial charge is 0.326 e. The Kier molecular flexibility index (Phi) is 11.4. The maximum absolute atomic E-state index is 13.3. The van der Waals surface area contributed by atoms with Crippen LogP contribution in [0.1, 0.15) is 31.4 Å². The van der Waals surface area contributed by atoms with Crippen LogP contribution in [0.25, 0.3) is 0 Å². The van der Waals surface area contributed by atoms with Gasteiger partial charge in [-0.25, -0.2) is 4.79 Å². The summed E-state index contributed by atoms with van der Waals surface area (Å²) >= 11 is 0. The van der Waals surface area contributed by atoms with Gasteiger partial charge in [0.25, 0.3) is 0 Å². The first-order valence-corrected chi connectivity index (χ1v) is 12.3. The number of carbonyl (C=O) groups is 5. The van der Waals surface area contributed by atoms with Gasteiger partial charge in [-0.15, -0.1) is 0 Å². The lowest BCUT2D eigenvalue weighted by atomic mass is 9.99. The first-order valence-electron chi connectivity index (χ1n) is 12.3. The molecule has 2 aromatic carbocycles. The van der Waals surface area contributed by atoms with Crippen LogP contribution in [-0.4, -0.2) is 69.1 Å². The van der Waals surface area contributed by atoms with Gasteiger partial charge in [0.1, 0.15) is 23.9 Å². The average molecular weight is 543 g/mol. The number of carbonyl (C=O) groups excluding carboxylic acids is 3. The minimum absolute atomic E-state index is 0.0123. The fourth-order valence-corrected chi connectivity index (χ4v) is 3.74. The third-order valence-electron chi connectivity index (χ3n) is 5.88. The number of benzene rings is 2. The molecule has 3 amide bonds. The first-order chi connectivity index (χ1) is 18.4. The molecule has 12 heteroatoms. The molecule has 0 bridgehead atoms. The monoisotopic (exact) mass is 542 g/mol. The quantitative estimate of drug-likeness (QED) is 0.173. The molecule has 2 aromatic rings. The van der Waals surface area contributed by atoms with Gasteiger partial charge >= 0.3 is 11.9 Å². The molecule has 4 atom stereocenters. The molecule has 0 saturated heterocycles. The Labute approximate surface area is 225 Å². The number of phenols is 1. The van der Waals surface area contributed by atoms with Crippen molar-refractivity contribution < 1.29 is 39.3 Å². The summed E-state index contributed by atoms with van der Waals surface area (Å²) in [6, 6.07) is 9.54. The standard InChI is InChI=1S/C27H34N4O8/c1-15(2)23(26(37)30-21(27(38)39)13-17-8-10-18(32)11-9-17)31-25(36)20(12-16-6-4-3-5-7-16)29-24(35)19(28)14-22(33)34/h3-11,15,19-21,23,32H,12-14,28H2,1-2H3,(H,29,35)(H,30,37)(H,31,36)(H,33,34)(H,38,39)/t19-,20-,21-,23-/m0/s1. The SMILES string of the molecule is CC(C)[C@H](NC(=O)[C@H](Cc1ccccc1)NC(=O)[C@@H](N)CC(=O)O)C(=O)N[C@@H](Cc1ccc(O)cc1)C(=O)O. The van der Waals surface area contributed by atoms with Crippen LogP contribution in [-0.2, 0) is 36.8 Å². The number of nitrogens with one attached hydrogen (secondary N) is 3. The first kappa shape index (κ1) is 30.8. The molecule has 0 fully saturated rings. The van der Waals surface area contributed by atoms with Gasteiger partial charge in [0, 0.05) is 12.8 Å². The molecule has 0 aromatic heterocycles. The number of aliphatic carboxylic acids is 2.